The molecular weight excluding hydrogens is 244 g/mol. The molecule has 1 aromatic rings. The van der Waals surface area contributed by atoms with E-state index in [0.717, 1.165) is 0 Å². The van der Waals surface area contributed by atoms with Crippen LogP contribution in [-0.2, 0) is 9.59 Å². The molecule has 0 aliphatic carbocycles. The minimum absolute atomic E-state index is 0.104. The van der Waals surface area contributed by atoms with Crippen molar-refractivity contribution in [2.45, 2.75) is 13.3 Å². The van der Waals surface area contributed by atoms with E-state index >= 15 is 0 Å². The third-order valence-corrected chi connectivity index (χ3v) is 2.59. The normalized spacial score (nSPS) is 12.3. The lowest BCUT2D eigenvalue weighted by molar-refractivity contribution is -0.118. The molecule has 0 bridgehead atoms. The van der Waals surface area contributed by atoms with Gasteiger partial charge in [0.2, 0.25) is 5.91 Å². The van der Waals surface area contributed by atoms with E-state index in [1.807, 2.05) is 0 Å². The van der Waals surface area contributed by atoms with Crippen molar-refractivity contribution in [3.8, 4) is 11.8 Å². The Balaban J connectivity index is 2.13. The second-order valence-electron chi connectivity index (χ2n) is 4.05. The lowest BCUT2D eigenvalue weighted by Crippen LogP contribution is -2.20. The van der Waals surface area contributed by atoms with Gasteiger partial charge in [0.1, 0.15) is 0 Å². The zero-order chi connectivity index (χ0) is 13.8. The van der Waals surface area contributed by atoms with Crippen molar-refractivity contribution in [1.29, 1.82) is 0 Å². The van der Waals surface area contributed by atoms with Gasteiger partial charge in [-0.25, -0.2) is 0 Å². The van der Waals surface area contributed by atoms with E-state index in [1.165, 1.54) is 6.92 Å². The van der Waals surface area contributed by atoms with Crippen molar-refractivity contribution in [1.82, 2.24) is 5.32 Å². The molecule has 5 nitrogen and oxygen atoms in total. The van der Waals surface area contributed by atoms with Gasteiger partial charge < -0.3 is 10.6 Å². The number of carbonyl (C=O) groups is 3. The summed E-state index contributed by atoms with van der Waals surface area (Å²) in [5.41, 5.74) is 1.37. The van der Waals surface area contributed by atoms with Gasteiger partial charge in [-0.1, -0.05) is 17.9 Å². The highest BCUT2D eigenvalue weighted by Gasteiger charge is 2.29. The van der Waals surface area contributed by atoms with Crippen LogP contribution in [0.4, 0.5) is 5.69 Å². The van der Waals surface area contributed by atoms with Crippen molar-refractivity contribution in [3.05, 3.63) is 29.3 Å². The first kappa shape index (κ1) is 12.8. The third-order valence-electron chi connectivity index (χ3n) is 2.59. The minimum Gasteiger partial charge on any atom is -0.355 e. The quantitative estimate of drug-likeness (QED) is 0.464. The molecule has 0 atom stereocenters. The predicted octanol–water partition coefficient (Wildman–Crippen LogP) is 0.699. The van der Waals surface area contributed by atoms with Crippen LogP contribution in [0.25, 0.3) is 0 Å². The van der Waals surface area contributed by atoms with E-state index in [2.05, 4.69) is 22.5 Å². The molecule has 0 saturated carbocycles. The van der Waals surface area contributed by atoms with E-state index < -0.39 is 11.7 Å². The fourth-order valence-electron chi connectivity index (χ4n) is 1.76. The molecule has 0 fully saturated rings. The fourth-order valence-corrected chi connectivity index (χ4v) is 1.76. The first-order valence-electron chi connectivity index (χ1n) is 5.81. The predicted molar refractivity (Wildman–Crippen MR) is 69.6 cm³/mol. The molecule has 2 N–H and O–H groups in total. The Morgan fingerprint density at radius 1 is 1.37 bits per heavy atom. The van der Waals surface area contributed by atoms with Crippen molar-refractivity contribution < 1.29 is 14.4 Å². The number of hydrogen-bond donors (Lipinski definition) is 2. The van der Waals surface area contributed by atoms with Gasteiger partial charge in [0.25, 0.3) is 11.7 Å². The van der Waals surface area contributed by atoms with Gasteiger partial charge in [0.05, 0.1) is 11.3 Å². The van der Waals surface area contributed by atoms with Gasteiger partial charge in [-0.3, -0.25) is 14.4 Å². The highest BCUT2D eigenvalue weighted by molar-refractivity contribution is 6.52. The zero-order valence-corrected chi connectivity index (χ0v) is 10.4. The van der Waals surface area contributed by atoms with Gasteiger partial charge in [-0.2, -0.15) is 0 Å². The summed E-state index contributed by atoms with van der Waals surface area (Å²) in [5.74, 6) is 4.44. The van der Waals surface area contributed by atoms with Gasteiger partial charge in [0.15, 0.2) is 0 Å². The molecule has 19 heavy (non-hydrogen) atoms. The molecule has 1 aromatic carbocycles. The summed E-state index contributed by atoms with van der Waals surface area (Å²) in [6.45, 7) is 1.90. The van der Waals surface area contributed by atoms with Crippen LogP contribution in [0, 0.1) is 11.8 Å². The van der Waals surface area contributed by atoms with E-state index in [-0.39, 0.29) is 5.91 Å². The van der Waals surface area contributed by atoms with Crippen LogP contribution in [0.15, 0.2) is 18.2 Å². The standard InChI is InChI=1S/C14H12N2O3/c1-9(17)15-8-3-2-5-10-6-4-7-11-12(10)13(18)14(19)16-11/h4,6-7H,3,8H2,1H3,(H,15,17)(H,16,18,19). The molecule has 5 heteroatoms. The molecule has 0 unspecified atom stereocenters. The highest BCUT2D eigenvalue weighted by Crippen LogP contribution is 2.25. The molecule has 0 saturated heterocycles. The van der Waals surface area contributed by atoms with E-state index in [4.69, 9.17) is 0 Å². The summed E-state index contributed by atoms with van der Waals surface area (Å²) >= 11 is 0. The number of amides is 2. The summed E-state index contributed by atoms with van der Waals surface area (Å²) in [7, 11) is 0. The SMILES string of the molecule is CC(=O)NCCC#Cc1cccc2c1C(=O)C(=O)N2. The molecular formula is C14H12N2O3. The number of nitrogens with one attached hydrogen (secondary N) is 2. The van der Waals surface area contributed by atoms with Crippen LogP contribution in [0.5, 0.6) is 0 Å². The van der Waals surface area contributed by atoms with Crippen LogP contribution >= 0.6 is 0 Å². The first-order valence-corrected chi connectivity index (χ1v) is 5.81. The van der Waals surface area contributed by atoms with Crippen molar-refractivity contribution >= 4 is 23.3 Å². The molecule has 1 heterocycles. The van der Waals surface area contributed by atoms with Crippen LogP contribution in [0.2, 0.25) is 0 Å². The van der Waals surface area contributed by atoms with E-state index in [9.17, 15) is 14.4 Å². The largest absolute Gasteiger partial charge is 0.355 e. The number of Topliss-reactive ketones (excluding diaryl/α,β-unsaturated/α-hetero) is 1. The fraction of sp³-hybridized carbons (Fsp3) is 0.214. The Labute approximate surface area is 110 Å². The number of ketones is 1. The lowest BCUT2D eigenvalue weighted by atomic mass is 10.0. The van der Waals surface area contributed by atoms with Crippen molar-refractivity contribution in [3.63, 3.8) is 0 Å². The minimum atomic E-state index is -0.623. The third kappa shape index (κ3) is 2.80. The smallest absolute Gasteiger partial charge is 0.296 e. The Bertz CT molecular complexity index is 623. The lowest BCUT2D eigenvalue weighted by Gasteiger charge is -1.98. The summed E-state index contributed by atoms with van der Waals surface area (Å²) in [6.07, 6.45) is 0.485. The second-order valence-corrected chi connectivity index (χ2v) is 4.05. The number of rotatable bonds is 2. The maximum Gasteiger partial charge on any atom is 0.296 e. The Morgan fingerprint density at radius 3 is 2.89 bits per heavy atom. The van der Waals surface area contributed by atoms with E-state index in [0.29, 0.717) is 29.8 Å². The number of benzene rings is 1. The average molecular weight is 256 g/mol. The molecule has 2 amide bonds. The number of fused-ring (bicyclic) bond motifs is 1. The number of hydrogen-bond acceptors (Lipinski definition) is 3. The maximum absolute atomic E-state index is 11.7. The van der Waals surface area contributed by atoms with Crippen LogP contribution in [-0.4, -0.2) is 24.1 Å². The topological polar surface area (TPSA) is 75.3 Å². The number of carbonyl (C=O) groups excluding carboxylic acids is 3. The van der Waals surface area contributed by atoms with Gasteiger partial charge >= 0.3 is 0 Å². The Kier molecular flexibility index (Phi) is 3.62. The molecule has 2 rings (SSSR count). The molecule has 1 aliphatic heterocycles. The summed E-state index contributed by atoms with van der Waals surface area (Å²) in [4.78, 5) is 33.6. The molecule has 0 spiro atoms. The maximum atomic E-state index is 11.7. The van der Waals surface area contributed by atoms with Crippen molar-refractivity contribution in [2.75, 3.05) is 11.9 Å². The Morgan fingerprint density at radius 2 is 2.16 bits per heavy atom. The second kappa shape index (κ2) is 5.36. The highest BCUT2D eigenvalue weighted by atomic mass is 16.2. The summed E-state index contributed by atoms with van der Waals surface area (Å²) in [5, 5.41) is 5.12. The van der Waals surface area contributed by atoms with Gasteiger partial charge in [-0.15, -0.1) is 0 Å². The zero-order valence-electron chi connectivity index (χ0n) is 10.4. The number of anilines is 1. The molecule has 1 aliphatic rings. The van der Waals surface area contributed by atoms with Gasteiger partial charge in [0, 0.05) is 25.5 Å². The monoisotopic (exact) mass is 256 g/mol. The van der Waals surface area contributed by atoms with Crippen LogP contribution < -0.4 is 10.6 Å². The summed E-state index contributed by atoms with van der Waals surface area (Å²) in [6, 6.07) is 5.10. The average Bonchev–Trinajstić information content (AvgIpc) is 2.65. The van der Waals surface area contributed by atoms with Gasteiger partial charge in [-0.05, 0) is 12.1 Å². The molecule has 96 valence electrons. The summed E-state index contributed by atoms with van der Waals surface area (Å²) < 4.78 is 0. The Hall–Kier alpha value is -2.61. The molecule has 0 radical (unpaired) electrons. The molecule has 0 aromatic heterocycles. The van der Waals surface area contributed by atoms with E-state index in [1.54, 1.807) is 18.2 Å². The van der Waals surface area contributed by atoms with Crippen molar-refractivity contribution in [2.24, 2.45) is 0 Å². The van der Waals surface area contributed by atoms with Crippen LogP contribution in [0.1, 0.15) is 29.3 Å². The first-order chi connectivity index (χ1) is 9.09. The van der Waals surface area contributed by atoms with Crippen LogP contribution in [0.3, 0.4) is 0 Å².